The van der Waals surface area contributed by atoms with Gasteiger partial charge in [-0.25, -0.2) is 0 Å². The molecule has 1 fully saturated rings. The summed E-state index contributed by atoms with van der Waals surface area (Å²) in [5, 5.41) is 27.3. The predicted octanol–water partition coefficient (Wildman–Crippen LogP) is 4.45. The quantitative estimate of drug-likeness (QED) is 0.271. The predicted molar refractivity (Wildman–Crippen MR) is 171 cm³/mol. The minimum atomic E-state index is -1.85. The van der Waals surface area contributed by atoms with E-state index in [1.54, 1.807) is 59.3 Å². The number of hydrogen-bond donors (Lipinski definition) is 2. The molecular formula is C34H33BrN4O5. The summed E-state index contributed by atoms with van der Waals surface area (Å²) in [4.78, 5) is 43.3. The Bertz CT molecular complexity index is 1840. The molecule has 10 heteroatoms. The molecule has 0 spiro atoms. The normalized spacial score (nSPS) is 20.5. The fourth-order valence-electron chi connectivity index (χ4n) is 6.30. The number of aromatic nitrogens is 2. The SMILES string of the molecule is C[C@H](/C=C/CC(=O)N1CCC[C@H]1CO)[C@@]1(O)C(=O)N(Cc2cccc(-n3ncc4ccccc4c3=O)c2)c2ccc(Br)cc21. The molecule has 3 atom stereocenters. The number of likely N-dealkylation sites (tertiary alicyclic amines) is 1. The van der Waals surface area contributed by atoms with Crippen molar-refractivity contribution in [3.05, 3.63) is 111 Å². The van der Waals surface area contributed by atoms with E-state index in [9.17, 15) is 24.6 Å². The highest BCUT2D eigenvalue weighted by Crippen LogP contribution is 2.46. The van der Waals surface area contributed by atoms with E-state index >= 15 is 0 Å². The lowest BCUT2D eigenvalue weighted by Gasteiger charge is -2.28. The van der Waals surface area contributed by atoms with Crippen LogP contribution in [0, 0.1) is 5.92 Å². The molecule has 0 aliphatic carbocycles. The average molecular weight is 658 g/mol. The summed E-state index contributed by atoms with van der Waals surface area (Å²) in [6.07, 6.45) is 6.84. The maximum absolute atomic E-state index is 14.0. The minimum absolute atomic E-state index is 0.0555. The highest BCUT2D eigenvalue weighted by atomic mass is 79.9. The van der Waals surface area contributed by atoms with Gasteiger partial charge in [-0.2, -0.15) is 9.78 Å². The van der Waals surface area contributed by atoms with Gasteiger partial charge in [0.05, 0.1) is 42.2 Å². The van der Waals surface area contributed by atoms with Crippen LogP contribution in [0.3, 0.4) is 0 Å². The number of halogens is 1. The fourth-order valence-corrected chi connectivity index (χ4v) is 6.66. The van der Waals surface area contributed by atoms with Gasteiger partial charge in [0.25, 0.3) is 11.5 Å². The Morgan fingerprint density at radius 3 is 2.77 bits per heavy atom. The van der Waals surface area contributed by atoms with Gasteiger partial charge in [0.1, 0.15) is 0 Å². The molecule has 226 valence electrons. The Balaban J connectivity index is 1.26. The van der Waals surface area contributed by atoms with Crippen molar-refractivity contribution in [1.29, 1.82) is 0 Å². The Morgan fingerprint density at radius 2 is 1.95 bits per heavy atom. The zero-order chi connectivity index (χ0) is 31.0. The number of anilines is 1. The van der Waals surface area contributed by atoms with Gasteiger partial charge >= 0.3 is 0 Å². The van der Waals surface area contributed by atoms with Gasteiger partial charge in [-0.05, 0) is 54.8 Å². The molecule has 0 saturated carbocycles. The molecule has 2 N–H and O–H groups in total. The summed E-state index contributed by atoms with van der Waals surface area (Å²) >= 11 is 3.48. The molecule has 2 amide bonds. The van der Waals surface area contributed by atoms with Crippen LogP contribution in [0.25, 0.3) is 16.5 Å². The minimum Gasteiger partial charge on any atom is -0.394 e. The molecule has 1 saturated heterocycles. The van der Waals surface area contributed by atoms with Crippen molar-refractivity contribution in [3.8, 4) is 5.69 Å². The molecule has 44 heavy (non-hydrogen) atoms. The van der Waals surface area contributed by atoms with E-state index in [1.165, 1.54) is 4.68 Å². The van der Waals surface area contributed by atoms with E-state index in [0.717, 1.165) is 28.3 Å². The first-order valence-electron chi connectivity index (χ1n) is 14.7. The topological polar surface area (TPSA) is 116 Å². The summed E-state index contributed by atoms with van der Waals surface area (Å²) in [7, 11) is 0. The van der Waals surface area contributed by atoms with Crippen molar-refractivity contribution in [2.75, 3.05) is 18.1 Å². The summed E-state index contributed by atoms with van der Waals surface area (Å²) in [6, 6.07) is 19.8. The van der Waals surface area contributed by atoms with Gasteiger partial charge in [0.2, 0.25) is 5.91 Å². The standard InChI is InChI=1S/C34H33BrN4O5/c1-22(7-4-13-31(41)37-16-6-11-27(37)21-40)34(44)29-18-25(35)14-15-30(29)38(33(34)43)20-23-8-5-10-26(17-23)39-32(42)28-12-3-2-9-24(28)19-36-39/h2-5,7-10,12,14-15,17-19,22,27,40,44H,6,11,13,16,20-21H2,1H3/b7-4+/t22-,27+,34+/m1/s1. The van der Waals surface area contributed by atoms with Crippen LogP contribution in [-0.4, -0.2) is 55.9 Å². The molecule has 0 bridgehead atoms. The number of aliphatic hydroxyl groups excluding tert-OH is 1. The molecule has 6 rings (SSSR count). The van der Waals surface area contributed by atoms with Crippen LogP contribution in [0.5, 0.6) is 0 Å². The average Bonchev–Trinajstić information content (AvgIpc) is 3.59. The molecule has 3 aromatic carbocycles. The van der Waals surface area contributed by atoms with E-state index < -0.39 is 17.4 Å². The van der Waals surface area contributed by atoms with Crippen molar-refractivity contribution in [3.63, 3.8) is 0 Å². The highest BCUT2D eigenvalue weighted by molar-refractivity contribution is 9.10. The summed E-state index contributed by atoms with van der Waals surface area (Å²) < 4.78 is 2.07. The second-order valence-corrected chi connectivity index (χ2v) is 12.3. The molecule has 9 nitrogen and oxygen atoms in total. The number of carbonyl (C=O) groups excluding carboxylic acids is 2. The van der Waals surface area contributed by atoms with Crippen LogP contribution in [0.1, 0.15) is 37.3 Å². The van der Waals surface area contributed by atoms with Gasteiger partial charge in [0, 0.05) is 34.3 Å². The van der Waals surface area contributed by atoms with Crippen molar-refractivity contribution < 1.29 is 19.8 Å². The lowest BCUT2D eigenvalue weighted by molar-refractivity contribution is -0.139. The number of fused-ring (bicyclic) bond motifs is 2. The number of carbonyl (C=O) groups is 2. The monoisotopic (exact) mass is 656 g/mol. The van der Waals surface area contributed by atoms with Crippen LogP contribution >= 0.6 is 15.9 Å². The van der Waals surface area contributed by atoms with E-state index in [2.05, 4.69) is 21.0 Å². The van der Waals surface area contributed by atoms with Crippen LogP contribution in [0.2, 0.25) is 0 Å². The highest BCUT2D eigenvalue weighted by Gasteiger charge is 2.52. The maximum Gasteiger partial charge on any atom is 0.279 e. The maximum atomic E-state index is 14.0. The third kappa shape index (κ3) is 5.27. The van der Waals surface area contributed by atoms with Crippen molar-refractivity contribution in [2.45, 2.75) is 44.4 Å². The van der Waals surface area contributed by atoms with E-state index in [4.69, 9.17) is 0 Å². The van der Waals surface area contributed by atoms with Gasteiger partial charge in [-0.15, -0.1) is 0 Å². The number of aliphatic hydroxyl groups is 2. The Morgan fingerprint density at radius 1 is 1.14 bits per heavy atom. The molecular weight excluding hydrogens is 624 g/mol. The Labute approximate surface area is 263 Å². The van der Waals surface area contributed by atoms with Gasteiger partial charge < -0.3 is 20.0 Å². The molecule has 2 aliphatic rings. The number of benzene rings is 3. The molecule has 1 aromatic heterocycles. The third-order valence-electron chi connectivity index (χ3n) is 8.71. The number of nitrogens with zero attached hydrogens (tertiary/aromatic N) is 4. The zero-order valence-corrected chi connectivity index (χ0v) is 25.9. The van der Waals surface area contributed by atoms with Crippen LogP contribution in [-0.2, 0) is 21.7 Å². The van der Waals surface area contributed by atoms with E-state index in [1.807, 2.05) is 42.5 Å². The van der Waals surface area contributed by atoms with Crippen molar-refractivity contribution in [2.24, 2.45) is 5.92 Å². The molecule has 0 radical (unpaired) electrons. The van der Waals surface area contributed by atoms with Crippen molar-refractivity contribution in [1.82, 2.24) is 14.7 Å². The van der Waals surface area contributed by atoms with Crippen molar-refractivity contribution >= 4 is 44.2 Å². The Kier molecular flexibility index (Phi) is 8.24. The van der Waals surface area contributed by atoms with Gasteiger partial charge in [-0.1, -0.05) is 65.3 Å². The van der Waals surface area contributed by atoms with E-state index in [0.29, 0.717) is 28.9 Å². The first kappa shape index (κ1) is 29.9. The van der Waals surface area contributed by atoms with Crippen LogP contribution in [0.15, 0.2) is 94.3 Å². The molecule has 4 aromatic rings. The summed E-state index contributed by atoms with van der Waals surface area (Å²) in [6.45, 7) is 2.50. The molecule has 2 aliphatic heterocycles. The summed E-state index contributed by atoms with van der Waals surface area (Å²) in [5.41, 5.74) is 0.300. The smallest absolute Gasteiger partial charge is 0.279 e. The lowest BCUT2D eigenvalue weighted by Crippen LogP contribution is -2.44. The molecule has 0 unspecified atom stereocenters. The first-order valence-corrected chi connectivity index (χ1v) is 15.5. The largest absolute Gasteiger partial charge is 0.394 e. The first-order chi connectivity index (χ1) is 21.2. The van der Waals surface area contributed by atoms with E-state index in [-0.39, 0.29) is 37.1 Å². The third-order valence-corrected chi connectivity index (χ3v) is 9.20. The van der Waals surface area contributed by atoms with Gasteiger partial charge in [-0.3, -0.25) is 14.4 Å². The second kappa shape index (κ2) is 12.1. The summed E-state index contributed by atoms with van der Waals surface area (Å²) in [5.74, 6) is -1.19. The van der Waals surface area contributed by atoms with Gasteiger partial charge in [0.15, 0.2) is 5.60 Å². The van der Waals surface area contributed by atoms with Crippen LogP contribution in [0.4, 0.5) is 5.69 Å². The Hall–Kier alpha value is -4.12. The molecule has 3 heterocycles. The van der Waals surface area contributed by atoms with Crippen LogP contribution < -0.4 is 10.5 Å². The zero-order valence-electron chi connectivity index (χ0n) is 24.3. The fraction of sp³-hybridized carbons (Fsp3) is 0.294. The number of amides is 2. The number of hydrogen-bond acceptors (Lipinski definition) is 6. The lowest BCUT2D eigenvalue weighted by atomic mass is 9.83. The second-order valence-electron chi connectivity index (χ2n) is 11.4. The number of rotatable bonds is 8.